The molecule has 0 aromatic heterocycles. The summed E-state index contributed by atoms with van der Waals surface area (Å²) in [5.74, 6) is 1.83. The third kappa shape index (κ3) is 6.45. The molecule has 0 amide bonds. The Labute approximate surface area is 109 Å². The Hall–Kier alpha value is -0.0400. The van der Waals surface area contributed by atoms with Gasteiger partial charge in [-0.1, -0.05) is 59.3 Å². The van der Waals surface area contributed by atoms with Gasteiger partial charge < -0.3 is 5.32 Å². The zero-order valence-electron chi connectivity index (χ0n) is 12.3. The molecule has 1 heteroatoms. The number of rotatable bonds is 8. The first-order valence-corrected chi connectivity index (χ1v) is 7.97. The van der Waals surface area contributed by atoms with Crippen molar-refractivity contribution in [2.45, 2.75) is 84.6 Å². The van der Waals surface area contributed by atoms with Gasteiger partial charge in [0.05, 0.1) is 0 Å². The van der Waals surface area contributed by atoms with E-state index in [9.17, 15) is 0 Å². The summed E-state index contributed by atoms with van der Waals surface area (Å²) in [6.45, 7) is 8.36. The minimum absolute atomic E-state index is 0.800. The molecule has 1 saturated carbocycles. The van der Waals surface area contributed by atoms with Gasteiger partial charge in [0.25, 0.3) is 0 Å². The van der Waals surface area contributed by atoms with Gasteiger partial charge in [-0.05, 0) is 37.6 Å². The molecule has 1 aliphatic carbocycles. The highest BCUT2D eigenvalue weighted by Crippen LogP contribution is 2.28. The fourth-order valence-electron chi connectivity index (χ4n) is 3.01. The van der Waals surface area contributed by atoms with Crippen LogP contribution in [0.15, 0.2) is 0 Å². The predicted octanol–water partition coefficient (Wildman–Crippen LogP) is 4.76. The van der Waals surface area contributed by atoms with Crippen LogP contribution in [0, 0.1) is 11.8 Å². The van der Waals surface area contributed by atoms with Crippen LogP contribution in [0.25, 0.3) is 0 Å². The average Bonchev–Trinajstić information content (AvgIpc) is 2.32. The molecule has 1 nitrogen and oxygen atoms in total. The van der Waals surface area contributed by atoms with Crippen LogP contribution in [0.5, 0.6) is 0 Å². The molecule has 0 saturated heterocycles. The van der Waals surface area contributed by atoms with Crippen molar-refractivity contribution >= 4 is 0 Å². The summed E-state index contributed by atoms with van der Waals surface area (Å²) in [5.41, 5.74) is 0. The molecule has 0 aromatic rings. The SMILES string of the molecule is CCCCCCCCNC1CC(C)CCC1C. The van der Waals surface area contributed by atoms with Crippen LogP contribution < -0.4 is 5.32 Å². The summed E-state index contributed by atoms with van der Waals surface area (Å²) in [4.78, 5) is 0. The molecule has 0 aliphatic heterocycles. The Bertz CT molecular complexity index is 178. The molecular formula is C16H33N. The monoisotopic (exact) mass is 239 g/mol. The van der Waals surface area contributed by atoms with Gasteiger partial charge in [0.15, 0.2) is 0 Å². The number of hydrogen-bond donors (Lipinski definition) is 1. The Balaban J connectivity index is 1.97. The minimum atomic E-state index is 0.800. The van der Waals surface area contributed by atoms with Crippen molar-refractivity contribution in [1.29, 1.82) is 0 Å². The molecule has 0 heterocycles. The molecule has 1 rings (SSSR count). The van der Waals surface area contributed by atoms with E-state index in [0.717, 1.165) is 17.9 Å². The molecule has 1 aliphatic rings. The zero-order chi connectivity index (χ0) is 12.5. The Morgan fingerprint density at radius 1 is 0.941 bits per heavy atom. The Morgan fingerprint density at radius 3 is 2.41 bits per heavy atom. The van der Waals surface area contributed by atoms with E-state index in [-0.39, 0.29) is 0 Å². The lowest BCUT2D eigenvalue weighted by Gasteiger charge is -2.33. The largest absolute Gasteiger partial charge is 0.314 e. The summed E-state index contributed by atoms with van der Waals surface area (Å²) in [6.07, 6.45) is 12.7. The van der Waals surface area contributed by atoms with E-state index < -0.39 is 0 Å². The van der Waals surface area contributed by atoms with E-state index in [2.05, 4.69) is 26.1 Å². The van der Waals surface area contributed by atoms with E-state index in [1.165, 1.54) is 64.3 Å². The topological polar surface area (TPSA) is 12.0 Å². The number of nitrogens with one attached hydrogen (secondary N) is 1. The van der Waals surface area contributed by atoms with Crippen molar-refractivity contribution in [3.8, 4) is 0 Å². The molecule has 102 valence electrons. The van der Waals surface area contributed by atoms with Gasteiger partial charge in [0.1, 0.15) is 0 Å². The van der Waals surface area contributed by atoms with Crippen molar-refractivity contribution in [3.63, 3.8) is 0 Å². The maximum Gasteiger partial charge on any atom is 0.00952 e. The van der Waals surface area contributed by atoms with Gasteiger partial charge in [-0.25, -0.2) is 0 Å². The van der Waals surface area contributed by atoms with E-state index in [4.69, 9.17) is 0 Å². The van der Waals surface area contributed by atoms with Crippen LogP contribution in [0.4, 0.5) is 0 Å². The van der Waals surface area contributed by atoms with Crippen molar-refractivity contribution in [2.24, 2.45) is 11.8 Å². The molecule has 1 fully saturated rings. The second-order valence-electron chi connectivity index (χ2n) is 6.22. The van der Waals surface area contributed by atoms with Crippen LogP contribution in [0.2, 0.25) is 0 Å². The van der Waals surface area contributed by atoms with E-state index in [1.54, 1.807) is 0 Å². The van der Waals surface area contributed by atoms with Gasteiger partial charge in [-0.3, -0.25) is 0 Å². The van der Waals surface area contributed by atoms with Crippen molar-refractivity contribution in [1.82, 2.24) is 5.32 Å². The molecule has 3 atom stereocenters. The van der Waals surface area contributed by atoms with Crippen LogP contribution in [0.1, 0.15) is 78.6 Å². The smallest absolute Gasteiger partial charge is 0.00952 e. The van der Waals surface area contributed by atoms with Crippen LogP contribution in [-0.4, -0.2) is 12.6 Å². The van der Waals surface area contributed by atoms with Gasteiger partial charge in [-0.15, -0.1) is 0 Å². The second kappa shape index (κ2) is 8.97. The second-order valence-corrected chi connectivity index (χ2v) is 6.22. The average molecular weight is 239 g/mol. The summed E-state index contributed by atoms with van der Waals surface area (Å²) in [5, 5.41) is 3.79. The summed E-state index contributed by atoms with van der Waals surface area (Å²) in [7, 11) is 0. The Kier molecular flexibility index (Phi) is 7.92. The lowest BCUT2D eigenvalue weighted by Crippen LogP contribution is -2.39. The lowest BCUT2D eigenvalue weighted by molar-refractivity contribution is 0.228. The maximum atomic E-state index is 3.79. The number of unbranched alkanes of at least 4 members (excludes halogenated alkanes) is 5. The third-order valence-corrected chi connectivity index (χ3v) is 4.39. The first-order valence-electron chi connectivity index (χ1n) is 7.97. The van der Waals surface area contributed by atoms with Crippen molar-refractivity contribution in [2.75, 3.05) is 6.54 Å². The molecule has 1 N–H and O–H groups in total. The lowest BCUT2D eigenvalue weighted by atomic mass is 9.80. The molecule has 3 unspecified atom stereocenters. The summed E-state index contributed by atoms with van der Waals surface area (Å²) in [6, 6.07) is 0.800. The maximum absolute atomic E-state index is 3.79. The first kappa shape index (κ1) is 15.0. The van der Waals surface area contributed by atoms with Crippen LogP contribution in [0.3, 0.4) is 0 Å². The van der Waals surface area contributed by atoms with Gasteiger partial charge in [-0.2, -0.15) is 0 Å². The van der Waals surface area contributed by atoms with Crippen LogP contribution in [-0.2, 0) is 0 Å². The fourth-order valence-corrected chi connectivity index (χ4v) is 3.01. The standard InChI is InChI=1S/C16H33N/c1-4-5-6-7-8-9-12-17-16-13-14(2)10-11-15(16)3/h14-17H,4-13H2,1-3H3. The van der Waals surface area contributed by atoms with Crippen molar-refractivity contribution < 1.29 is 0 Å². The molecular weight excluding hydrogens is 206 g/mol. The highest BCUT2D eigenvalue weighted by molar-refractivity contribution is 4.81. The third-order valence-electron chi connectivity index (χ3n) is 4.39. The number of hydrogen-bond acceptors (Lipinski definition) is 1. The van der Waals surface area contributed by atoms with E-state index in [1.807, 2.05) is 0 Å². The fraction of sp³-hybridized carbons (Fsp3) is 1.00. The molecule has 17 heavy (non-hydrogen) atoms. The summed E-state index contributed by atoms with van der Waals surface area (Å²) >= 11 is 0. The quantitative estimate of drug-likeness (QED) is 0.602. The van der Waals surface area contributed by atoms with E-state index >= 15 is 0 Å². The highest BCUT2D eigenvalue weighted by atomic mass is 14.9. The predicted molar refractivity (Wildman–Crippen MR) is 77.3 cm³/mol. The Morgan fingerprint density at radius 2 is 1.65 bits per heavy atom. The van der Waals surface area contributed by atoms with Gasteiger partial charge >= 0.3 is 0 Å². The molecule has 0 radical (unpaired) electrons. The van der Waals surface area contributed by atoms with Gasteiger partial charge in [0, 0.05) is 6.04 Å². The molecule has 0 bridgehead atoms. The first-order chi connectivity index (χ1) is 8.24. The molecule has 0 spiro atoms. The summed E-state index contributed by atoms with van der Waals surface area (Å²) < 4.78 is 0. The minimum Gasteiger partial charge on any atom is -0.314 e. The normalized spacial score (nSPS) is 29.5. The molecule has 0 aromatic carbocycles. The highest BCUT2D eigenvalue weighted by Gasteiger charge is 2.24. The van der Waals surface area contributed by atoms with Crippen molar-refractivity contribution in [3.05, 3.63) is 0 Å². The van der Waals surface area contributed by atoms with Crippen LogP contribution >= 0.6 is 0 Å². The zero-order valence-corrected chi connectivity index (χ0v) is 12.3. The van der Waals surface area contributed by atoms with E-state index in [0.29, 0.717) is 0 Å². The van der Waals surface area contributed by atoms with Gasteiger partial charge in [0.2, 0.25) is 0 Å².